The van der Waals surface area contributed by atoms with Gasteiger partial charge in [-0.25, -0.2) is 9.18 Å². The molecule has 0 spiro atoms. The fourth-order valence-corrected chi connectivity index (χ4v) is 2.17. The van der Waals surface area contributed by atoms with E-state index in [1.807, 2.05) is 0 Å². The first-order valence-electron chi connectivity index (χ1n) is 3.66. The van der Waals surface area contributed by atoms with Crippen molar-refractivity contribution < 1.29 is 4.39 Å². The van der Waals surface area contributed by atoms with Gasteiger partial charge in [-0.2, -0.15) is 4.98 Å². The van der Waals surface area contributed by atoms with Gasteiger partial charge in [-0.1, -0.05) is 11.6 Å². The third kappa shape index (κ3) is 1.56. The van der Waals surface area contributed by atoms with Crippen LogP contribution in [0.5, 0.6) is 0 Å². The van der Waals surface area contributed by atoms with E-state index in [0.29, 0.717) is 9.90 Å². The van der Waals surface area contributed by atoms with Crippen LogP contribution in [0, 0.1) is 5.82 Å². The van der Waals surface area contributed by atoms with Gasteiger partial charge in [0.1, 0.15) is 0 Å². The van der Waals surface area contributed by atoms with Crippen LogP contribution < -0.4 is 5.69 Å². The van der Waals surface area contributed by atoms with Crippen molar-refractivity contribution in [1.29, 1.82) is 0 Å². The number of aromatic nitrogens is 2. The van der Waals surface area contributed by atoms with E-state index in [1.54, 1.807) is 11.4 Å². The van der Waals surface area contributed by atoms with Gasteiger partial charge in [-0.05, 0) is 11.4 Å². The molecule has 3 nitrogen and oxygen atoms in total. The minimum atomic E-state index is -0.592. The van der Waals surface area contributed by atoms with Crippen molar-refractivity contribution in [2.75, 3.05) is 0 Å². The Morgan fingerprint density at radius 1 is 1.57 bits per heavy atom. The Kier molecular flexibility index (Phi) is 2.35. The fraction of sp³-hybridized carbons (Fsp3) is 0. The van der Waals surface area contributed by atoms with Gasteiger partial charge < -0.3 is 4.98 Å². The zero-order valence-corrected chi connectivity index (χ0v) is 8.32. The molecule has 0 aromatic carbocycles. The predicted molar refractivity (Wildman–Crippen MR) is 53.1 cm³/mol. The van der Waals surface area contributed by atoms with E-state index in [4.69, 9.17) is 11.6 Å². The Hall–Kier alpha value is -1.20. The number of rotatable bonds is 1. The molecule has 0 amide bonds. The summed E-state index contributed by atoms with van der Waals surface area (Å²) in [6.07, 6.45) is 0.879. The molecule has 0 saturated heterocycles. The summed E-state index contributed by atoms with van der Waals surface area (Å²) in [5.74, 6) is -0.589. The Morgan fingerprint density at radius 2 is 2.36 bits per heavy atom. The van der Waals surface area contributed by atoms with E-state index in [9.17, 15) is 9.18 Å². The molecule has 0 aliphatic carbocycles. The summed E-state index contributed by atoms with van der Waals surface area (Å²) in [7, 11) is 0. The molecule has 2 heterocycles. The van der Waals surface area contributed by atoms with E-state index in [-0.39, 0.29) is 5.69 Å². The van der Waals surface area contributed by atoms with Crippen LogP contribution >= 0.6 is 22.9 Å². The molecule has 0 aliphatic heterocycles. The number of hydrogen-bond acceptors (Lipinski definition) is 3. The second kappa shape index (κ2) is 3.51. The number of H-pyrrole nitrogens is 1. The first-order chi connectivity index (χ1) is 6.68. The number of thiophene rings is 1. The summed E-state index contributed by atoms with van der Waals surface area (Å²) in [5.41, 5.74) is -0.504. The molecule has 72 valence electrons. The zero-order valence-electron chi connectivity index (χ0n) is 6.75. The van der Waals surface area contributed by atoms with Crippen molar-refractivity contribution in [3.8, 4) is 10.6 Å². The maximum Gasteiger partial charge on any atom is 0.345 e. The van der Waals surface area contributed by atoms with Gasteiger partial charge in [0, 0.05) is 0 Å². The zero-order chi connectivity index (χ0) is 10.1. The third-order valence-electron chi connectivity index (χ3n) is 1.61. The number of hydrogen-bond donors (Lipinski definition) is 1. The normalized spacial score (nSPS) is 10.4. The van der Waals surface area contributed by atoms with Crippen LogP contribution in [0.15, 0.2) is 22.4 Å². The van der Waals surface area contributed by atoms with Gasteiger partial charge in [-0.15, -0.1) is 11.3 Å². The van der Waals surface area contributed by atoms with Crippen LogP contribution in [0.1, 0.15) is 0 Å². The van der Waals surface area contributed by atoms with Gasteiger partial charge in [0.05, 0.1) is 21.8 Å². The molecule has 2 rings (SSSR count). The Bertz CT molecular complexity index is 522. The summed E-state index contributed by atoms with van der Waals surface area (Å²) in [6.45, 7) is 0. The second-order valence-corrected chi connectivity index (χ2v) is 3.83. The highest BCUT2D eigenvalue weighted by atomic mass is 35.5. The lowest BCUT2D eigenvalue weighted by molar-refractivity contribution is 0.616. The molecule has 6 heteroatoms. The van der Waals surface area contributed by atoms with Crippen LogP contribution in [-0.2, 0) is 0 Å². The lowest BCUT2D eigenvalue weighted by atomic mass is 10.3. The average molecular weight is 231 g/mol. The minimum absolute atomic E-state index is 0.0880. The van der Waals surface area contributed by atoms with Crippen molar-refractivity contribution in [3.63, 3.8) is 0 Å². The van der Waals surface area contributed by atoms with Gasteiger partial charge in [0.15, 0.2) is 5.82 Å². The summed E-state index contributed by atoms with van der Waals surface area (Å²) in [4.78, 5) is 16.9. The molecular weight excluding hydrogens is 227 g/mol. The van der Waals surface area contributed by atoms with E-state index in [0.717, 1.165) is 6.20 Å². The standard InChI is InChI=1S/C8H4ClFN2OS/c9-4-1-2-14-7(4)6-5(10)3-11-8(13)12-6/h1-3H,(H,11,12,13). The minimum Gasteiger partial charge on any atom is -0.302 e. The molecule has 0 bridgehead atoms. The smallest absolute Gasteiger partial charge is 0.302 e. The molecule has 1 N–H and O–H groups in total. The van der Waals surface area contributed by atoms with Crippen LogP contribution in [0.4, 0.5) is 4.39 Å². The van der Waals surface area contributed by atoms with Crippen LogP contribution in [-0.4, -0.2) is 9.97 Å². The average Bonchev–Trinajstić information content (AvgIpc) is 2.56. The predicted octanol–water partition coefficient (Wildman–Crippen LogP) is 2.29. The molecule has 0 aliphatic rings. The lowest BCUT2D eigenvalue weighted by Gasteiger charge is -1.98. The molecule has 0 atom stereocenters. The third-order valence-corrected chi connectivity index (χ3v) is 2.97. The SMILES string of the molecule is O=c1ncc(F)c(-c2sccc2Cl)[nH]1. The van der Waals surface area contributed by atoms with E-state index in [2.05, 4.69) is 9.97 Å². The molecule has 14 heavy (non-hydrogen) atoms. The molecule has 0 fully saturated rings. The van der Waals surface area contributed by atoms with Crippen LogP contribution in [0.25, 0.3) is 10.6 Å². The first kappa shape index (κ1) is 9.36. The summed E-state index contributed by atoms with van der Waals surface area (Å²) in [5, 5.41) is 2.13. The van der Waals surface area contributed by atoms with E-state index >= 15 is 0 Å². The van der Waals surface area contributed by atoms with Crippen molar-refractivity contribution in [2.45, 2.75) is 0 Å². The largest absolute Gasteiger partial charge is 0.345 e. The molecule has 0 unspecified atom stereocenters. The monoisotopic (exact) mass is 230 g/mol. The topological polar surface area (TPSA) is 45.8 Å². The highest BCUT2D eigenvalue weighted by Crippen LogP contribution is 2.32. The summed E-state index contributed by atoms with van der Waals surface area (Å²) in [6, 6.07) is 1.64. The van der Waals surface area contributed by atoms with Crippen molar-refractivity contribution in [3.05, 3.63) is 39.0 Å². The Morgan fingerprint density at radius 3 is 3.00 bits per heavy atom. The Balaban J connectivity index is 2.68. The first-order valence-corrected chi connectivity index (χ1v) is 4.92. The molecule has 0 radical (unpaired) electrons. The number of aromatic amines is 1. The lowest BCUT2D eigenvalue weighted by Crippen LogP contribution is -2.11. The molecule has 2 aromatic heterocycles. The number of nitrogens with one attached hydrogen (secondary N) is 1. The maximum atomic E-state index is 13.2. The van der Waals surface area contributed by atoms with Gasteiger partial charge >= 0.3 is 5.69 Å². The van der Waals surface area contributed by atoms with E-state index in [1.165, 1.54) is 11.3 Å². The maximum absolute atomic E-state index is 13.2. The van der Waals surface area contributed by atoms with Crippen molar-refractivity contribution in [2.24, 2.45) is 0 Å². The second-order valence-electron chi connectivity index (χ2n) is 2.51. The van der Waals surface area contributed by atoms with Gasteiger partial charge in [0.2, 0.25) is 0 Å². The van der Waals surface area contributed by atoms with E-state index < -0.39 is 11.5 Å². The fourth-order valence-electron chi connectivity index (χ4n) is 1.02. The van der Waals surface area contributed by atoms with Crippen LogP contribution in [0.3, 0.4) is 0 Å². The highest BCUT2D eigenvalue weighted by Gasteiger charge is 2.11. The van der Waals surface area contributed by atoms with Crippen molar-refractivity contribution in [1.82, 2.24) is 9.97 Å². The van der Waals surface area contributed by atoms with Gasteiger partial charge in [0.25, 0.3) is 0 Å². The van der Waals surface area contributed by atoms with Crippen LogP contribution in [0.2, 0.25) is 5.02 Å². The van der Waals surface area contributed by atoms with Crippen molar-refractivity contribution >= 4 is 22.9 Å². The highest BCUT2D eigenvalue weighted by molar-refractivity contribution is 7.14. The molecular formula is C8H4ClFN2OS. The summed E-state index contributed by atoms with van der Waals surface area (Å²) >= 11 is 7.06. The quantitative estimate of drug-likeness (QED) is 0.817. The molecule has 2 aromatic rings. The molecule has 0 saturated carbocycles. The number of nitrogens with zero attached hydrogens (tertiary/aromatic N) is 1. The number of halogens is 2. The summed E-state index contributed by atoms with van der Waals surface area (Å²) < 4.78 is 13.2. The Labute approximate surface area is 87.2 Å². The van der Waals surface area contributed by atoms with Gasteiger partial charge in [-0.3, -0.25) is 0 Å².